The average molecular weight is 537 g/mol. The van der Waals surface area contributed by atoms with Crippen molar-refractivity contribution in [3.05, 3.63) is 53.1 Å². The van der Waals surface area contributed by atoms with E-state index in [-0.39, 0.29) is 18.3 Å². The second kappa shape index (κ2) is 12.5. The summed E-state index contributed by atoms with van der Waals surface area (Å²) in [6, 6.07) is 7.11. The van der Waals surface area contributed by atoms with Gasteiger partial charge in [-0.15, -0.1) is 0 Å². The van der Waals surface area contributed by atoms with E-state index >= 15 is 0 Å². The lowest BCUT2D eigenvalue weighted by atomic mass is 10.1. The smallest absolute Gasteiger partial charge is 0.416 e. The maximum Gasteiger partial charge on any atom is 0.416 e. The number of nitrogens with zero attached hydrogens (tertiary/aromatic N) is 1. The van der Waals surface area contributed by atoms with Crippen LogP contribution in [-0.4, -0.2) is 62.1 Å². The number of halogens is 3. The fraction of sp³-hybridized carbons (Fsp3) is 0.400. The number of ether oxygens (including phenoxy) is 1. The first-order valence-electron chi connectivity index (χ1n) is 12.0. The normalized spacial score (nSPS) is 15.6. The van der Waals surface area contributed by atoms with Crippen LogP contribution in [0.2, 0.25) is 0 Å². The van der Waals surface area contributed by atoms with Crippen LogP contribution in [0.1, 0.15) is 34.8 Å². The zero-order chi connectivity index (χ0) is 27.9. The van der Waals surface area contributed by atoms with Crippen molar-refractivity contribution < 1.29 is 32.3 Å². The Bertz CT molecular complexity index is 1170. The molecule has 0 aromatic heterocycles. The molecule has 4 amide bonds. The van der Waals surface area contributed by atoms with E-state index in [1.54, 1.807) is 20.1 Å². The van der Waals surface area contributed by atoms with Crippen molar-refractivity contribution in [2.75, 3.05) is 44.3 Å². The van der Waals surface area contributed by atoms with E-state index in [1.165, 1.54) is 0 Å². The van der Waals surface area contributed by atoms with Crippen LogP contribution in [0.25, 0.3) is 0 Å². The number of urea groups is 1. The summed E-state index contributed by atoms with van der Waals surface area (Å²) in [5, 5.41) is 9.96. The molecule has 1 aliphatic heterocycles. The summed E-state index contributed by atoms with van der Waals surface area (Å²) in [7, 11) is 1.54. The van der Waals surface area contributed by atoms with E-state index < -0.39 is 41.7 Å². The van der Waals surface area contributed by atoms with Crippen molar-refractivity contribution >= 4 is 29.2 Å². The highest BCUT2D eigenvalue weighted by molar-refractivity contribution is 6.04. The van der Waals surface area contributed by atoms with Gasteiger partial charge in [0.25, 0.3) is 5.91 Å². The molecule has 10 nitrogen and oxygen atoms in total. The number of nitrogen functional groups attached to an aromatic ring is 1. The summed E-state index contributed by atoms with van der Waals surface area (Å²) in [6.45, 7) is 3.45. The maximum absolute atomic E-state index is 13.2. The number of carbonyl (C=O) groups excluding carboxylic acids is 3. The summed E-state index contributed by atoms with van der Waals surface area (Å²) < 4.78 is 44.8. The van der Waals surface area contributed by atoms with Gasteiger partial charge in [0.2, 0.25) is 5.91 Å². The highest BCUT2D eigenvalue weighted by Gasteiger charge is 2.32. The Morgan fingerprint density at radius 1 is 1.13 bits per heavy atom. The summed E-state index contributed by atoms with van der Waals surface area (Å²) in [5.41, 5.74) is 5.91. The minimum atomic E-state index is -4.69. The number of anilines is 2. The van der Waals surface area contributed by atoms with Gasteiger partial charge in [-0.3, -0.25) is 14.5 Å². The van der Waals surface area contributed by atoms with Crippen LogP contribution in [0, 0.1) is 0 Å². The largest absolute Gasteiger partial charge is 0.495 e. The van der Waals surface area contributed by atoms with Gasteiger partial charge in [-0.25, -0.2) is 4.79 Å². The molecule has 0 radical (unpaired) electrons. The Hall–Kier alpha value is -4.00. The highest BCUT2D eigenvalue weighted by atomic mass is 19.4. The van der Waals surface area contributed by atoms with E-state index in [4.69, 9.17) is 10.5 Å². The molecule has 1 saturated heterocycles. The third-order valence-electron chi connectivity index (χ3n) is 5.92. The first kappa shape index (κ1) is 28.6. The molecule has 2 aromatic rings. The monoisotopic (exact) mass is 536 g/mol. The number of alkyl halides is 3. The fourth-order valence-corrected chi connectivity index (χ4v) is 4.11. The lowest BCUT2D eigenvalue weighted by molar-refractivity contribution is -0.137. The number of carbonyl (C=O) groups is 3. The van der Waals surface area contributed by atoms with Crippen molar-refractivity contribution in [2.24, 2.45) is 0 Å². The summed E-state index contributed by atoms with van der Waals surface area (Å²) in [4.78, 5) is 39.2. The quantitative estimate of drug-likeness (QED) is 0.313. The Balaban J connectivity index is 1.55. The molecular formula is C25H31F3N6O4. The number of amides is 4. The SMILES string of the molecule is CCNC(=O)Nc1ccc(C(F)(F)F)cc1C(=O)NCC(=O)N[C@@H]1CCN(Cc2ccc(OC)c(N)c2)C1. The van der Waals surface area contributed by atoms with Crippen molar-refractivity contribution in [3.8, 4) is 5.75 Å². The minimum absolute atomic E-state index is 0.118. The molecule has 0 unspecified atom stereocenters. The molecule has 0 aliphatic carbocycles. The molecule has 1 fully saturated rings. The Kier molecular flexibility index (Phi) is 9.40. The molecule has 13 heteroatoms. The molecule has 0 saturated carbocycles. The number of rotatable bonds is 9. The fourth-order valence-electron chi connectivity index (χ4n) is 4.11. The van der Waals surface area contributed by atoms with Gasteiger partial charge in [0.15, 0.2) is 0 Å². The first-order chi connectivity index (χ1) is 18.0. The molecule has 206 valence electrons. The second-order valence-electron chi connectivity index (χ2n) is 8.79. The second-order valence-corrected chi connectivity index (χ2v) is 8.79. The lowest BCUT2D eigenvalue weighted by Crippen LogP contribution is -2.43. The van der Waals surface area contributed by atoms with Gasteiger partial charge in [-0.1, -0.05) is 6.07 Å². The summed E-state index contributed by atoms with van der Waals surface area (Å²) >= 11 is 0. The van der Waals surface area contributed by atoms with Gasteiger partial charge < -0.3 is 31.7 Å². The van der Waals surface area contributed by atoms with E-state index in [0.717, 1.165) is 24.2 Å². The van der Waals surface area contributed by atoms with Crippen LogP contribution in [0.5, 0.6) is 5.75 Å². The highest BCUT2D eigenvalue weighted by Crippen LogP contribution is 2.32. The van der Waals surface area contributed by atoms with Gasteiger partial charge in [0.1, 0.15) is 5.75 Å². The number of hydrogen-bond acceptors (Lipinski definition) is 6. The van der Waals surface area contributed by atoms with Gasteiger partial charge in [0.05, 0.1) is 36.2 Å². The molecule has 2 aromatic carbocycles. The molecule has 38 heavy (non-hydrogen) atoms. The van der Waals surface area contributed by atoms with Crippen LogP contribution in [0.3, 0.4) is 0 Å². The Morgan fingerprint density at radius 2 is 1.89 bits per heavy atom. The number of likely N-dealkylation sites (tertiary alicyclic amines) is 1. The number of benzene rings is 2. The summed E-state index contributed by atoms with van der Waals surface area (Å²) in [5.74, 6) is -0.813. The van der Waals surface area contributed by atoms with Crippen molar-refractivity contribution in [1.82, 2.24) is 20.9 Å². The van der Waals surface area contributed by atoms with Crippen molar-refractivity contribution in [3.63, 3.8) is 0 Å². The van der Waals surface area contributed by atoms with Crippen molar-refractivity contribution in [2.45, 2.75) is 32.1 Å². The predicted molar refractivity (Wildman–Crippen MR) is 136 cm³/mol. The number of methoxy groups -OCH3 is 1. The molecule has 0 spiro atoms. The van der Waals surface area contributed by atoms with Crippen LogP contribution < -0.4 is 31.7 Å². The third-order valence-corrected chi connectivity index (χ3v) is 5.92. The molecular weight excluding hydrogens is 505 g/mol. The number of hydrogen-bond donors (Lipinski definition) is 5. The minimum Gasteiger partial charge on any atom is -0.495 e. The standard InChI is InChI=1S/C25H31F3N6O4/c1-3-30-24(37)33-20-6-5-16(25(26,27)28)11-18(20)23(36)31-12-22(35)32-17-8-9-34(14-17)13-15-4-7-21(38-2)19(29)10-15/h4-7,10-11,17H,3,8-9,12-14,29H2,1-2H3,(H,31,36)(H,32,35)(H2,30,33,37)/t17-/m1/s1. The molecule has 6 N–H and O–H groups in total. The van der Waals surface area contributed by atoms with Gasteiger partial charge in [-0.05, 0) is 49.2 Å². The third kappa shape index (κ3) is 7.75. The molecule has 1 aliphatic rings. The number of nitrogens with two attached hydrogens (primary N) is 1. The zero-order valence-corrected chi connectivity index (χ0v) is 21.1. The zero-order valence-electron chi connectivity index (χ0n) is 21.1. The first-order valence-corrected chi connectivity index (χ1v) is 12.0. The van der Waals surface area contributed by atoms with Gasteiger partial charge in [-0.2, -0.15) is 13.2 Å². The van der Waals surface area contributed by atoms with E-state index in [0.29, 0.717) is 37.0 Å². The Labute approximate surface area is 218 Å². The van der Waals surface area contributed by atoms with Crippen LogP contribution in [-0.2, 0) is 17.5 Å². The molecule has 0 bridgehead atoms. The van der Waals surface area contributed by atoms with Crippen LogP contribution in [0.15, 0.2) is 36.4 Å². The van der Waals surface area contributed by atoms with Crippen LogP contribution in [0.4, 0.5) is 29.3 Å². The predicted octanol–water partition coefficient (Wildman–Crippen LogP) is 2.56. The Morgan fingerprint density at radius 3 is 2.55 bits per heavy atom. The average Bonchev–Trinajstić information content (AvgIpc) is 3.28. The number of nitrogens with one attached hydrogen (secondary N) is 4. The van der Waals surface area contributed by atoms with Gasteiger partial charge >= 0.3 is 12.2 Å². The molecule has 3 rings (SSSR count). The molecule has 1 heterocycles. The maximum atomic E-state index is 13.2. The lowest BCUT2D eigenvalue weighted by Gasteiger charge is -2.18. The topological polar surface area (TPSA) is 138 Å². The van der Waals surface area contributed by atoms with E-state index in [9.17, 15) is 27.6 Å². The van der Waals surface area contributed by atoms with E-state index in [2.05, 4.69) is 26.2 Å². The van der Waals surface area contributed by atoms with Crippen LogP contribution >= 0.6 is 0 Å². The van der Waals surface area contributed by atoms with E-state index in [1.807, 2.05) is 12.1 Å². The summed E-state index contributed by atoms with van der Waals surface area (Å²) in [6.07, 6.45) is -4.00. The molecule has 1 atom stereocenters. The van der Waals surface area contributed by atoms with Crippen molar-refractivity contribution in [1.29, 1.82) is 0 Å². The van der Waals surface area contributed by atoms with Gasteiger partial charge in [0, 0.05) is 32.2 Å².